The van der Waals surface area contributed by atoms with Crippen LogP contribution in [0.1, 0.15) is 26.4 Å². The Morgan fingerprint density at radius 3 is 2.53 bits per heavy atom. The van der Waals surface area contributed by atoms with Gasteiger partial charge in [0.2, 0.25) is 0 Å². The van der Waals surface area contributed by atoms with E-state index in [-0.39, 0.29) is 30.0 Å². The number of halogens is 5. The van der Waals surface area contributed by atoms with Crippen molar-refractivity contribution in [2.24, 2.45) is 7.05 Å². The van der Waals surface area contributed by atoms with Crippen LogP contribution in [0.4, 0.5) is 27.8 Å². The molecular weight excluding hydrogens is 587 g/mol. The fourth-order valence-electron chi connectivity index (χ4n) is 4.65. The SMILES string of the molecule is Cn1cnc2cnc3ccc(-c4ccc(CNc5ncc(C(F)(F)F)cc5C(=O)NCc5ccc(F)c(F)c5)s4)cc3c21. The molecule has 6 aromatic rings. The van der Waals surface area contributed by atoms with Crippen LogP contribution < -0.4 is 10.6 Å². The van der Waals surface area contributed by atoms with Gasteiger partial charge in [-0.15, -0.1) is 11.3 Å². The maximum Gasteiger partial charge on any atom is 0.417 e. The normalized spacial score (nSPS) is 11.8. The van der Waals surface area contributed by atoms with Crippen molar-refractivity contribution in [2.75, 3.05) is 5.32 Å². The van der Waals surface area contributed by atoms with Gasteiger partial charge in [-0.3, -0.25) is 9.78 Å². The standard InChI is InChI=1S/C30H21F5N6OS/c1-41-15-40-25-14-36-24-6-3-17(9-20(24)27(25)41)26-7-4-19(43-26)13-38-28-21(10-18(12-37-28)30(33,34)35)29(42)39-11-16-2-5-22(31)23(32)8-16/h2-10,12,14-15H,11,13H2,1H3,(H,37,38)(H,39,42). The van der Waals surface area contributed by atoms with Gasteiger partial charge in [0.05, 0.1) is 41.2 Å². The van der Waals surface area contributed by atoms with Crippen LogP contribution in [-0.2, 0) is 26.3 Å². The van der Waals surface area contributed by atoms with Crippen LogP contribution in [0.2, 0.25) is 0 Å². The molecule has 0 unspecified atom stereocenters. The van der Waals surface area contributed by atoms with E-state index in [1.165, 1.54) is 17.4 Å². The van der Waals surface area contributed by atoms with Crippen molar-refractivity contribution in [3.05, 3.63) is 107 Å². The molecule has 6 rings (SSSR count). The van der Waals surface area contributed by atoms with Crippen molar-refractivity contribution < 1.29 is 26.7 Å². The highest BCUT2D eigenvalue weighted by atomic mass is 32.1. The summed E-state index contributed by atoms with van der Waals surface area (Å²) in [5.74, 6) is -3.07. The molecule has 0 aliphatic heterocycles. The smallest absolute Gasteiger partial charge is 0.365 e. The molecule has 13 heteroatoms. The largest absolute Gasteiger partial charge is 0.417 e. The van der Waals surface area contributed by atoms with Crippen molar-refractivity contribution in [2.45, 2.75) is 19.3 Å². The number of pyridine rings is 2. The number of aryl methyl sites for hydroxylation is 1. The number of nitrogens with zero attached hydrogens (tertiary/aromatic N) is 4. The van der Waals surface area contributed by atoms with Crippen molar-refractivity contribution in [3.8, 4) is 10.4 Å². The minimum Gasteiger partial charge on any atom is -0.365 e. The van der Waals surface area contributed by atoms with Crippen molar-refractivity contribution >= 4 is 45.0 Å². The number of carbonyl (C=O) groups is 1. The summed E-state index contributed by atoms with van der Waals surface area (Å²) in [6.45, 7) is -0.0417. The summed E-state index contributed by atoms with van der Waals surface area (Å²) in [5, 5.41) is 6.37. The molecule has 4 heterocycles. The van der Waals surface area contributed by atoms with Gasteiger partial charge in [0.1, 0.15) is 11.3 Å². The number of imidazole rings is 1. The Hall–Kier alpha value is -4.91. The lowest BCUT2D eigenvalue weighted by Gasteiger charge is -2.14. The Kier molecular flexibility index (Phi) is 7.26. The number of aromatic nitrogens is 4. The number of amides is 1. The number of carbonyl (C=O) groups excluding carboxylic acids is 1. The molecule has 0 saturated heterocycles. The Bertz CT molecular complexity index is 2000. The second-order valence-corrected chi connectivity index (χ2v) is 10.9. The fraction of sp³-hybridized carbons (Fsp3) is 0.133. The van der Waals surface area contributed by atoms with Gasteiger partial charge in [0.25, 0.3) is 5.91 Å². The van der Waals surface area contributed by atoms with Crippen LogP contribution in [0, 0.1) is 11.6 Å². The molecule has 43 heavy (non-hydrogen) atoms. The molecule has 0 aliphatic rings. The van der Waals surface area contributed by atoms with E-state index in [9.17, 15) is 26.7 Å². The Morgan fingerprint density at radius 1 is 0.907 bits per heavy atom. The van der Waals surface area contributed by atoms with Crippen LogP contribution in [-0.4, -0.2) is 25.4 Å². The third-order valence-corrected chi connectivity index (χ3v) is 7.95. The molecule has 0 saturated carbocycles. The molecule has 7 nitrogen and oxygen atoms in total. The maximum atomic E-state index is 13.5. The molecule has 218 valence electrons. The molecule has 0 aliphatic carbocycles. The highest BCUT2D eigenvalue weighted by Crippen LogP contribution is 2.34. The zero-order chi connectivity index (χ0) is 30.3. The van der Waals surface area contributed by atoms with Crippen molar-refractivity contribution in [1.82, 2.24) is 24.8 Å². The second kappa shape index (κ2) is 11.1. The number of thiophene rings is 1. The maximum absolute atomic E-state index is 13.5. The van der Waals surface area contributed by atoms with Crippen molar-refractivity contribution in [1.29, 1.82) is 0 Å². The fourth-order valence-corrected chi connectivity index (χ4v) is 5.60. The number of alkyl halides is 3. The number of anilines is 1. The van der Waals surface area contributed by atoms with Crippen LogP contribution in [0.3, 0.4) is 0 Å². The van der Waals surface area contributed by atoms with Gasteiger partial charge in [-0.25, -0.2) is 18.7 Å². The first kappa shape index (κ1) is 28.2. The predicted molar refractivity (Wildman–Crippen MR) is 153 cm³/mol. The summed E-state index contributed by atoms with van der Waals surface area (Å²) in [6, 6.07) is 13.5. The van der Waals surface area contributed by atoms with Crippen LogP contribution in [0.25, 0.3) is 32.4 Å². The average Bonchev–Trinajstić information content (AvgIpc) is 3.62. The van der Waals surface area contributed by atoms with Crippen LogP contribution >= 0.6 is 11.3 Å². The summed E-state index contributed by atoms with van der Waals surface area (Å²) in [5.41, 5.74) is 2.36. The van der Waals surface area contributed by atoms with E-state index in [1.807, 2.05) is 41.9 Å². The Labute approximate surface area is 245 Å². The highest BCUT2D eigenvalue weighted by molar-refractivity contribution is 7.15. The van der Waals surface area contributed by atoms with Crippen LogP contribution in [0.15, 0.2) is 73.3 Å². The molecule has 0 spiro atoms. The lowest BCUT2D eigenvalue weighted by Crippen LogP contribution is -2.25. The van der Waals surface area contributed by atoms with Gasteiger partial charge in [0.15, 0.2) is 11.6 Å². The quantitative estimate of drug-likeness (QED) is 0.189. The van der Waals surface area contributed by atoms with E-state index in [0.29, 0.717) is 12.3 Å². The highest BCUT2D eigenvalue weighted by Gasteiger charge is 2.32. The number of benzene rings is 2. The lowest BCUT2D eigenvalue weighted by atomic mass is 10.1. The third kappa shape index (κ3) is 5.75. The van der Waals surface area contributed by atoms with Crippen molar-refractivity contribution in [3.63, 3.8) is 0 Å². The lowest BCUT2D eigenvalue weighted by molar-refractivity contribution is -0.137. The minimum atomic E-state index is -4.72. The van der Waals surface area contributed by atoms with Gasteiger partial charge in [-0.1, -0.05) is 12.1 Å². The summed E-state index contributed by atoms with van der Waals surface area (Å²) < 4.78 is 69.0. The molecule has 0 fully saturated rings. The zero-order valence-corrected chi connectivity index (χ0v) is 23.2. The molecule has 2 N–H and O–H groups in total. The van der Waals surface area contributed by atoms with Gasteiger partial charge in [0, 0.05) is 34.9 Å². The van der Waals surface area contributed by atoms with Gasteiger partial charge in [-0.2, -0.15) is 13.2 Å². The van der Waals surface area contributed by atoms with E-state index in [4.69, 9.17) is 0 Å². The molecule has 0 atom stereocenters. The summed E-state index contributed by atoms with van der Waals surface area (Å²) >= 11 is 1.48. The molecule has 0 bridgehead atoms. The second-order valence-electron chi connectivity index (χ2n) is 9.75. The van der Waals surface area contributed by atoms with Crippen LogP contribution in [0.5, 0.6) is 0 Å². The number of rotatable bonds is 7. The van der Waals surface area contributed by atoms with E-state index in [0.717, 1.165) is 49.4 Å². The minimum absolute atomic E-state index is 0.0545. The van der Waals surface area contributed by atoms with E-state index in [1.54, 1.807) is 12.5 Å². The zero-order valence-electron chi connectivity index (χ0n) is 22.3. The first-order valence-corrected chi connectivity index (χ1v) is 13.7. The Balaban J connectivity index is 1.22. The first-order valence-electron chi connectivity index (χ1n) is 12.9. The number of hydrogen-bond donors (Lipinski definition) is 2. The van der Waals surface area contributed by atoms with Gasteiger partial charge >= 0.3 is 6.18 Å². The monoisotopic (exact) mass is 608 g/mol. The van der Waals surface area contributed by atoms with E-state index in [2.05, 4.69) is 25.6 Å². The topological polar surface area (TPSA) is 84.7 Å². The van der Waals surface area contributed by atoms with Gasteiger partial charge in [-0.05, 0) is 53.6 Å². The summed E-state index contributed by atoms with van der Waals surface area (Å²) in [6.07, 6.45) is -0.602. The van der Waals surface area contributed by atoms with E-state index >= 15 is 0 Å². The number of hydrogen-bond acceptors (Lipinski definition) is 6. The third-order valence-electron chi connectivity index (χ3n) is 6.82. The molecule has 2 aromatic carbocycles. The molecule has 4 aromatic heterocycles. The summed E-state index contributed by atoms with van der Waals surface area (Å²) in [7, 11) is 1.92. The van der Waals surface area contributed by atoms with Gasteiger partial charge < -0.3 is 15.2 Å². The number of nitrogens with one attached hydrogen (secondary N) is 2. The summed E-state index contributed by atoms with van der Waals surface area (Å²) in [4.78, 5) is 27.5. The van der Waals surface area contributed by atoms with E-state index < -0.39 is 29.3 Å². The molecule has 1 amide bonds. The molecule has 0 radical (unpaired) electrons. The first-order chi connectivity index (χ1) is 20.6. The average molecular weight is 609 g/mol. The Morgan fingerprint density at radius 2 is 1.74 bits per heavy atom. The number of fused-ring (bicyclic) bond motifs is 3. The predicted octanol–water partition coefficient (Wildman–Crippen LogP) is 7.08. The molecular formula is C30H21F5N6OS.